The van der Waals surface area contributed by atoms with Gasteiger partial charge in [-0.3, -0.25) is 0 Å². The van der Waals surface area contributed by atoms with Crippen LogP contribution in [0.3, 0.4) is 0 Å². The monoisotopic (exact) mass is 226 g/mol. The highest BCUT2D eigenvalue weighted by Crippen LogP contribution is 2.49. The third kappa shape index (κ3) is 2.16. The summed E-state index contributed by atoms with van der Waals surface area (Å²) in [6.45, 7) is 2.38. The van der Waals surface area contributed by atoms with Gasteiger partial charge in [-0.05, 0) is 31.6 Å². The Bertz CT molecular complexity index is 355. The molecular formula is C11H18N2OS. The first-order valence-corrected chi connectivity index (χ1v) is 6.12. The maximum atomic E-state index is 9.30. The van der Waals surface area contributed by atoms with Crippen molar-refractivity contribution in [2.24, 2.45) is 5.41 Å². The van der Waals surface area contributed by atoms with Crippen LogP contribution in [-0.2, 0) is 6.42 Å². The maximum absolute atomic E-state index is 9.30. The second-order valence-electron chi connectivity index (χ2n) is 4.73. The van der Waals surface area contributed by atoms with Crippen molar-refractivity contribution < 1.29 is 5.11 Å². The lowest BCUT2D eigenvalue weighted by Crippen LogP contribution is -2.09. The first kappa shape index (κ1) is 10.9. The molecule has 0 spiro atoms. The zero-order valence-electron chi connectivity index (χ0n) is 9.58. The van der Waals surface area contributed by atoms with Crippen molar-refractivity contribution in [2.45, 2.75) is 26.2 Å². The topological polar surface area (TPSA) is 36.4 Å². The van der Waals surface area contributed by atoms with E-state index in [1.807, 2.05) is 19.0 Å². The van der Waals surface area contributed by atoms with E-state index in [0.29, 0.717) is 6.61 Å². The van der Waals surface area contributed by atoms with Gasteiger partial charge in [0.15, 0.2) is 5.13 Å². The van der Waals surface area contributed by atoms with E-state index in [4.69, 9.17) is 0 Å². The zero-order chi connectivity index (χ0) is 11.1. The van der Waals surface area contributed by atoms with Gasteiger partial charge in [-0.2, -0.15) is 0 Å². The second kappa shape index (κ2) is 3.76. The highest BCUT2D eigenvalue weighted by Gasteiger charge is 2.42. The van der Waals surface area contributed by atoms with Crippen LogP contribution in [0.5, 0.6) is 0 Å². The van der Waals surface area contributed by atoms with Gasteiger partial charge in [0, 0.05) is 25.6 Å². The summed E-state index contributed by atoms with van der Waals surface area (Å²) in [5, 5.41) is 10.4. The molecule has 84 valence electrons. The minimum absolute atomic E-state index is 0.195. The number of aliphatic hydroxyl groups is 1. The van der Waals surface area contributed by atoms with Crippen LogP contribution in [0.4, 0.5) is 5.13 Å². The van der Waals surface area contributed by atoms with Gasteiger partial charge >= 0.3 is 0 Å². The van der Waals surface area contributed by atoms with E-state index in [1.54, 1.807) is 11.3 Å². The highest BCUT2D eigenvalue weighted by atomic mass is 32.1. The number of hydrogen-bond acceptors (Lipinski definition) is 4. The van der Waals surface area contributed by atoms with Crippen molar-refractivity contribution in [1.82, 2.24) is 4.98 Å². The lowest BCUT2D eigenvalue weighted by Gasteiger charge is -2.09. The molecule has 0 atom stereocenters. The highest BCUT2D eigenvalue weighted by molar-refractivity contribution is 7.15. The first-order chi connectivity index (χ1) is 7.06. The molecule has 1 heterocycles. The number of aliphatic hydroxyl groups excluding tert-OH is 1. The fourth-order valence-electron chi connectivity index (χ4n) is 1.68. The van der Waals surface area contributed by atoms with Gasteiger partial charge < -0.3 is 10.0 Å². The maximum Gasteiger partial charge on any atom is 0.185 e. The normalized spacial score (nSPS) is 17.9. The smallest absolute Gasteiger partial charge is 0.185 e. The predicted octanol–water partition coefficient (Wildman–Crippen LogP) is 1.83. The molecule has 0 amide bonds. The third-order valence-electron chi connectivity index (χ3n) is 3.09. The molecule has 1 fully saturated rings. The van der Waals surface area contributed by atoms with Gasteiger partial charge in [0.25, 0.3) is 0 Å². The molecule has 1 aromatic heterocycles. The Labute approximate surface area is 94.8 Å². The average molecular weight is 226 g/mol. The van der Waals surface area contributed by atoms with Crippen LogP contribution in [0, 0.1) is 12.3 Å². The molecule has 0 aliphatic heterocycles. The molecule has 2 rings (SSSR count). The molecule has 0 unspecified atom stereocenters. The van der Waals surface area contributed by atoms with Gasteiger partial charge in [-0.1, -0.05) is 0 Å². The van der Waals surface area contributed by atoms with Crippen LogP contribution in [0.25, 0.3) is 0 Å². The molecule has 1 aliphatic rings. The van der Waals surface area contributed by atoms with E-state index < -0.39 is 0 Å². The number of rotatable bonds is 4. The van der Waals surface area contributed by atoms with Crippen molar-refractivity contribution >= 4 is 16.5 Å². The quantitative estimate of drug-likeness (QED) is 0.851. The van der Waals surface area contributed by atoms with E-state index in [9.17, 15) is 5.11 Å². The van der Waals surface area contributed by atoms with E-state index in [2.05, 4.69) is 11.9 Å². The Hall–Kier alpha value is -0.610. The predicted molar refractivity (Wildman–Crippen MR) is 63.6 cm³/mol. The fourth-order valence-corrected chi connectivity index (χ4v) is 2.83. The Morgan fingerprint density at radius 1 is 1.47 bits per heavy atom. The van der Waals surface area contributed by atoms with Gasteiger partial charge in [-0.25, -0.2) is 4.98 Å². The lowest BCUT2D eigenvalue weighted by molar-refractivity contribution is 0.211. The summed E-state index contributed by atoms with van der Waals surface area (Å²) >= 11 is 1.75. The van der Waals surface area contributed by atoms with Crippen molar-refractivity contribution in [3.05, 3.63) is 10.6 Å². The van der Waals surface area contributed by atoms with Gasteiger partial charge in [0.2, 0.25) is 0 Å². The fraction of sp³-hybridized carbons (Fsp3) is 0.727. The van der Waals surface area contributed by atoms with Crippen molar-refractivity contribution in [1.29, 1.82) is 0 Å². The number of anilines is 1. The molecule has 1 aliphatic carbocycles. The van der Waals surface area contributed by atoms with E-state index >= 15 is 0 Å². The van der Waals surface area contributed by atoms with Crippen molar-refractivity contribution in [2.75, 3.05) is 25.6 Å². The first-order valence-electron chi connectivity index (χ1n) is 5.31. The van der Waals surface area contributed by atoms with Crippen LogP contribution in [0.1, 0.15) is 23.4 Å². The molecule has 0 aromatic carbocycles. The molecule has 0 saturated heterocycles. The minimum atomic E-state index is 0.195. The molecule has 3 nitrogen and oxygen atoms in total. The second-order valence-corrected chi connectivity index (χ2v) is 5.80. The summed E-state index contributed by atoms with van der Waals surface area (Å²) < 4.78 is 0. The van der Waals surface area contributed by atoms with Crippen molar-refractivity contribution in [3.63, 3.8) is 0 Å². The van der Waals surface area contributed by atoms with Crippen LogP contribution < -0.4 is 4.90 Å². The molecule has 1 N–H and O–H groups in total. The van der Waals surface area contributed by atoms with E-state index in [0.717, 1.165) is 30.1 Å². The molecule has 1 aromatic rings. The summed E-state index contributed by atoms with van der Waals surface area (Å²) in [5.74, 6) is 0. The standard InChI is InChI=1S/C11H18N2OS/c1-8-9(6-11(7-14)4-5-11)15-10(12-8)13(2)3/h14H,4-7H2,1-3H3. The van der Waals surface area contributed by atoms with Crippen LogP contribution in [0.2, 0.25) is 0 Å². The largest absolute Gasteiger partial charge is 0.396 e. The Morgan fingerprint density at radius 3 is 2.53 bits per heavy atom. The third-order valence-corrected chi connectivity index (χ3v) is 4.42. The Balaban J connectivity index is 2.14. The summed E-state index contributed by atoms with van der Waals surface area (Å²) in [7, 11) is 4.03. The Morgan fingerprint density at radius 2 is 2.13 bits per heavy atom. The summed E-state index contributed by atoms with van der Waals surface area (Å²) in [5.41, 5.74) is 1.32. The number of hydrogen-bond donors (Lipinski definition) is 1. The average Bonchev–Trinajstić information content (AvgIpc) is 2.87. The number of aryl methyl sites for hydroxylation is 1. The summed E-state index contributed by atoms with van der Waals surface area (Å²) in [4.78, 5) is 7.90. The van der Waals surface area contributed by atoms with E-state index in [-0.39, 0.29) is 5.41 Å². The van der Waals surface area contributed by atoms with Gasteiger partial charge in [-0.15, -0.1) is 11.3 Å². The van der Waals surface area contributed by atoms with Gasteiger partial charge in [0.05, 0.1) is 5.69 Å². The molecule has 0 bridgehead atoms. The zero-order valence-corrected chi connectivity index (χ0v) is 10.4. The molecule has 0 radical (unpaired) electrons. The summed E-state index contributed by atoms with van der Waals surface area (Å²) in [6.07, 6.45) is 3.33. The van der Waals surface area contributed by atoms with Crippen LogP contribution in [0.15, 0.2) is 0 Å². The molecule has 15 heavy (non-hydrogen) atoms. The summed E-state index contributed by atoms with van der Waals surface area (Å²) in [6, 6.07) is 0. The number of nitrogens with zero attached hydrogens (tertiary/aromatic N) is 2. The molecular weight excluding hydrogens is 208 g/mol. The number of thiazole rings is 1. The minimum Gasteiger partial charge on any atom is -0.396 e. The lowest BCUT2D eigenvalue weighted by atomic mass is 10.0. The van der Waals surface area contributed by atoms with Crippen LogP contribution in [-0.4, -0.2) is 30.8 Å². The molecule has 4 heteroatoms. The van der Waals surface area contributed by atoms with Crippen LogP contribution >= 0.6 is 11.3 Å². The van der Waals surface area contributed by atoms with E-state index in [1.165, 1.54) is 4.88 Å². The Kier molecular flexibility index (Phi) is 2.73. The number of aromatic nitrogens is 1. The van der Waals surface area contributed by atoms with Gasteiger partial charge in [0.1, 0.15) is 0 Å². The molecule has 1 saturated carbocycles. The SMILES string of the molecule is Cc1nc(N(C)C)sc1CC1(CO)CC1. The van der Waals surface area contributed by atoms with Crippen molar-refractivity contribution in [3.8, 4) is 0 Å².